The molecule has 7 aromatic rings. The third kappa shape index (κ3) is 7.51. The Bertz CT molecular complexity index is 4430. The smallest absolute Gasteiger partial charge is 0.222 e. The zero-order valence-electron chi connectivity index (χ0n) is 45.4. The van der Waals surface area contributed by atoms with E-state index in [0.29, 0.717) is 68.5 Å². The summed E-state index contributed by atoms with van der Waals surface area (Å²) >= 11 is 0. The van der Waals surface area contributed by atoms with Crippen molar-refractivity contribution in [3.63, 3.8) is 0 Å². The third-order valence-corrected chi connectivity index (χ3v) is 16.8. The molecule has 0 saturated heterocycles. The number of H-pyrrole nitrogens is 2. The summed E-state index contributed by atoms with van der Waals surface area (Å²) in [5, 5.41) is 62.7. The van der Waals surface area contributed by atoms with Crippen molar-refractivity contribution in [3.8, 4) is 23.0 Å². The number of aliphatic hydroxyl groups is 4. The molecule has 20 nitrogen and oxygen atoms in total. The van der Waals surface area contributed by atoms with E-state index in [1.54, 1.807) is 121 Å². The number of carbonyl (C=O) groups excluding carboxylic acids is 4. The van der Waals surface area contributed by atoms with E-state index in [2.05, 4.69) is 31.2 Å². The highest BCUT2D eigenvalue weighted by Gasteiger charge is 2.44. The van der Waals surface area contributed by atoms with E-state index >= 15 is 0 Å². The van der Waals surface area contributed by atoms with E-state index in [1.165, 1.54) is 24.3 Å². The molecule has 88 heavy (non-hydrogen) atoms. The van der Waals surface area contributed by atoms with Crippen LogP contribution in [0.15, 0.2) is 191 Å². The number of benzene rings is 4. The summed E-state index contributed by atoms with van der Waals surface area (Å²) in [5.41, 5.74) is 5.76. The highest BCUT2D eigenvalue weighted by Crippen LogP contribution is 2.49. The average Bonchev–Trinajstić information content (AvgIpc) is 1.96. The van der Waals surface area contributed by atoms with Gasteiger partial charge in [0.05, 0.1) is 90.6 Å². The maximum absolute atomic E-state index is 14.2. The summed E-state index contributed by atoms with van der Waals surface area (Å²) in [6, 6.07) is 35.3. The minimum absolute atomic E-state index is 0.000522. The number of hydrogen-bond acceptors (Lipinski definition) is 18. The first kappa shape index (κ1) is 50.2. The lowest BCUT2D eigenvalue weighted by Gasteiger charge is -2.34. The van der Waals surface area contributed by atoms with Crippen molar-refractivity contribution < 1.29 is 58.6 Å². The fourth-order valence-corrected chi connectivity index (χ4v) is 12.8. The Kier molecular flexibility index (Phi) is 10.6. The number of para-hydroxylation sites is 8. The predicted octanol–water partition coefficient (Wildman–Crippen LogP) is 11.1. The minimum Gasteiger partial charge on any atom is -0.504 e. The molecule has 9 heterocycles. The molecule has 17 rings (SSSR count). The molecule has 10 aliphatic rings. The lowest BCUT2D eigenvalue weighted by atomic mass is 9.88. The highest BCUT2D eigenvalue weighted by molar-refractivity contribution is 6.17. The van der Waals surface area contributed by atoms with Crippen LogP contribution in [0.3, 0.4) is 0 Å². The topological polar surface area (TPSA) is 292 Å². The van der Waals surface area contributed by atoms with Gasteiger partial charge in [0.15, 0.2) is 47.5 Å². The van der Waals surface area contributed by atoms with Crippen LogP contribution in [-0.4, -0.2) is 87.9 Å². The molecule has 20 heteroatoms. The Balaban J connectivity index is 1.00. The van der Waals surface area contributed by atoms with Crippen LogP contribution < -0.4 is 40.2 Å². The number of fused-ring (bicyclic) bond motifs is 16. The van der Waals surface area contributed by atoms with Crippen LogP contribution in [0.4, 0.5) is 22.7 Å². The number of carbonyl (C=O) groups is 4. The van der Waals surface area contributed by atoms with Crippen molar-refractivity contribution in [1.29, 1.82) is 0 Å². The Morgan fingerprint density at radius 3 is 0.784 bits per heavy atom. The van der Waals surface area contributed by atoms with Gasteiger partial charge in [-0.3, -0.25) is 19.2 Å². The Morgan fingerprint density at radius 2 is 0.545 bits per heavy atom. The summed E-state index contributed by atoms with van der Waals surface area (Å²) < 4.78 is 26.9. The SMILES string of the molecule is O=C1C=C2Nc3ccccc3OC2C(c2c3nc(c(C4=C(O)C(=O)C=C5Nc6ccccc6OC54)c4ccc([nH]4)c(C4=C(O)C(=O)C=C5Nc6ccccc6OC54)c4nc(c(C5=C(O)C(=O)C=C6Nc7ccccc7OC65)c5ccc2[nH]5)C=C4)C=C3)=C1O. The van der Waals surface area contributed by atoms with Crippen LogP contribution in [-0.2, 0) is 19.2 Å². The molecule has 4 unspecified atom stereocenters. The van der Waals surface area contributed by atoms with E-state index < -0.39 is 70.6 Å². The van der Waals surface area contributed by atoms with Gasteiger partial charge in [-0.1, -0.05) is 48.5 Å². The van der Waals surface area contributed by atoms with E-state index in [0.717, 1.165) is 0 Å². The van der Waals surface area contributed by atoms with Gasteiger partial charge in [0.2, 0.25) is 23.1 Å². The van der Waals surface area contributed by atoms with Crippen molar-refractivity contribution >= 4 is 115 Å². The summed E-state index contributed by atoms with van der Waals surface area (Å²) in [4.78, 5) is 74.6. The standard InChI is InChI=1S/C68H42N8O12/c77-45-25-41-65(85-49-13-5-1-9-29(49)69-41)57(61(45)81)53-33-17-19-35(73-33)54(58-62(82)46(78)26-42-66(58)86-50-14-6-2-10-30(50)70-42)37-21-23-39(75-37)56(60-64(84)48(80)28-44-68(60)88-52-16-8-4-12-32(52)72-44)40-24-22-38(76-40)55(36-20-18-34(53)74-36)59-63(83)47(79)27-43-67(59)87-51-15-7-3-11-31(51)71-43/h1-28,65-73,76,81-84H. The molecule has 10 N–H and O–H groups in total. The molecule has 4 atom stereocenters. The minimum atomic E-state index is -1.15. The molecular weight excluding hydrogens is 1120 g/mol. The van der Waals surface area contributed by atoms with E-state index in [4.69, 9.17) is 28.9 Å². The lowest BCUT2D eigenvalue weighted by molar-refractivity contribution is -0.114. The Morgan fingerprint density at radius 1 is 0.318 bits per heavy atom. The van der Waals surface area contributed by atoms with Crippen LogP contribution in [0.25, 0.3) is 68.7 Å². The maximum atomic E-state index is 14.2. The molecular formula is C68H42N8O12. The van der Waals surface area contributed by atoms with Crippen LogP contribution in [0, 0.1) is 0 Å². The number of anilines is 4. The zero-order valence-corrected chi connectivity index (χ0v) is 45.4. The highest BCUT2D eigenvalue weighted by atomic mass is 16.5. The van der Waals surface area contributed by atoms with Gasteiger partial charge in [-0.2, -0.15) is 0 Å². The molecule has 8 bridgehead atoms. The van der Waals surface area contributed by atoms with Crippen molar-refractivity contribution in [1.82, 2.24) is 19.9 Å². The van der Waals surface area contributed by atoms with E-state index in [-0.39, 0.29) is 89.4 Å². The first-order chi connectivity index (χ1) is 42.9. The van der Waals surface area contributed by atoms with Crippen molar-refractivity contribution in [2.45, 2.75) is 24.4 Å². The number of aliphatic hydroxyl groups excluding tert-OH is 4. The van der Waals surface area contributed by atoms with Crippen LogP contribution >= 0.6 is 0 Å². The number of nitrogens with zero attached hydrogens (tertiary/aromatic N) is 2. The van der Waals surface area contributed by atoms with Gasteiger partial charge in [-0.15, -0.1) is 0 Å². The number of nitrogens with one attached hydrogen (secondary N) is 6. The van der Waals surface area contributed by atoms with Crippen LogP contribution in [0.1, 0.15) is 45.0 Å². The van der Waals surface area contributed by atoms with Gasteiger partial charge in [0.25, 0.3) is 0 Å². The number of aromatic amines is 2. The fourth-order valence-electron chi connectivity index (χ4n) is 12.8. The monoisotopic (exact) mass is 1160 g/mol. The molecule has 4 aliphatic carbocycles. The number of allylic oxidation sites excluding steroid dienone is 4. The molecule has 0 radical (unpaired) electrons. The molecule has 0 fully saturated rings. The van der Waals surface area contributed by atoms with Gasteiger partial charge in [-0.25, -0.2) is 9.97 Å². The molecule has 0 saturated carbocycles. The van der Waals surface area contributed by atoms with E-state index in [9.17, 15) is 39.6 Å². The van der Waals surface area contributed by atoms with Crippen molar-refractivity contribution in [2.24, 2.45) is 0 Å². The quantitative estimate of drug-likeness (QED) is 0.0783. The number of rotatable bonds is 4. The molecule has 4 aromatic carbocycles. The van der Waals surface area contributed by atoms with Gasteiger partial charge < -0.3 is 70.6 Å². The molecule has 6 aliphatic heterocycles. The average molecular weight is 1160 g/mol. The molecule has 0 spiro atoms. The van der Waals surface area contributed by atoms with E-state index in [1.807, 2.05) is 24.3 Å². The second-order valence-electron chi connectivity index (χ2n) is 21.9. The van der Waals surface area contributed by atoms with Crippen LogP contribution in [0.5, 0.6) is 23.0 Å². The van der Waals surface area contributed by atoms with Gasteiger partial charge in [-0.05, 0) is 97.1 Å². The first-order valence-electron chi connectivity index (χ1n) is 27.9. The second-order valence-corrected chi connectivity index (χ2v) is 21.9. The third-order valence-electron chi connectivity index (χ3n) is 16.8. The largest absolute Gasteiger partial charge is 0.504 e. The fraction of sp³-hybridized carbons (Fsp3) is 0.0588. The van der Waals surface area contributed by atoms with Gasteiger partial charge >= 0.3 is 0 Å². The molecule has 3 aromatic heterocycles. The van der Waals surface area contributed by atoms with Gasteiger partial charge in [0, 0.05) is 68.6 Å². The van der Waals surface area contributed by atoms with Crippen molar-refractivity contribution in [2.75, 3.05) is 21.3 Å². The predicted molar refractivity (Wildman–Crippen MR) is 327 cm³/mol. The number of ketones is 4. The maximum Gasteiger partial charge on any atom is 0.222 e. The Labute approximate surface area is 496 Å². The first-order valence-corrected chi connectivity index (χ1v) is 27.9. The van der Waals surface area contributed by atoms with Crippen molar-refractivity contribution in [3.05, 3.63) is 236 Å². The summed E-state index contributed by atoms with van der Waals surface area (Å²) in [5.74, 6) is -3.95. The number of hydrogen-bond donors (Lipinski definition) is 10. The molecule has 0 amide bonds. The Hall–Kier alpha value is -12.3. The zero-order chi connectivity index (χ0) is 59.4. The van der Waals surface area contributed by atoms with Gasteiger partial charge in [0.1, 0.15) is 23.0 Å². The van der Waals surface area contributed by atoms with Crippen LogP contribution in [0.2, 0.25) is 0 Å². The normalized spacial score (nSPS) is 20.8. The summed E-state index contributed by atoms with van der Waals surface area (Å²) in [6.45, 7) is 0. The summed E-state index contributed by atoms with van der Waals surface area (Å²) in [7, 11) is 0. The molecule has 426 valence electrons. The second kappa shape index (κ2) is 18.6. The number of aromatic nitrogens is 4. The lowest BCUT2D eigenvalue weighted by Crippen LogP contribution is -2.35. The summed E-state index contributed by atoms with van der Waals surface area (Å²) in [6.07, 6.45) is 7.09. The number of ether oxygens (including phenoxy) is 4.